The van der Waals surface area contributed by atoms with Crippen LogP contribution in [0.3, 0.4) is 0 Å². The fourth-order valence-electron chi connectivity index (χ4n) is 3.13. The van der Waals surface area contributed by atoms with Crippen molar-refractivity contribution in [2.24, 2.45) is 11.1 Å². The van der Waals surface area contributed by atoms with Crippen molar-refractivity contribution < 1.29 is 14.6 Å². The number of aliphatic hydroxyl groups excluding tert-OH is 1. The lowest BCUT2D eigenvalue weighted by Crippen LogP contribution is -2.57. The Morgan fingerprint density at radius 2 is 1.92 bits per heavy atom. The fourth-order valence-corrected chi connectivity index (χ4v) is 4.38. The first kappa shape index (κ1) is 19.4. The summed E-state index contributed by atoms with van der Waals surface area (Å²) in [5.41, 5.74) is 8.51. The predicted octanol–water partition coefficient (Wildman–Crippen LogP) is 3.59. The van der Waals surface area contributed by atoms with Gasteiger partial charge < -0.3 is 15.6 Å². The van der Waals surface area contributed by atoms with E-state index in [0.717, 1.165) is 21.6 Å². The summed E-state index contributed by atoms with van der Waals surface area (Å²) in [6, 6.07) is 8.19. The highest BCUT2D eigenvalue weighted by molar-refractivity contribution is 8.03. The number of aliphatic hydroxyl groups is 1. The molecule has 0 bridgehead atoms. The van der Waals surface area contributed by atoms with Crippen LogP contribution in [0.15, 0.2) is 50.8 Å². The van der Waals surface area contributed by atoms with Crippen molar-refractivity contribution in [1.29, 1.82) is 0 Å². The van der Waals surface area contributed by atoms with Crippen molar-refractivity contribution in [2.75, 3.05) is 6.61 Å². The summed E-state index contributed by atoms with van der Waals surface area (Å²) in [7, 11) is 0. The second-order valence-corrected chi connectivity index (χ2v) is 9.07. The van der Waals surface area contributed by atoms with Gasteiger partial charge in [0.1, 0.15) is 11.8 Å². The van der Waals surface area contributed by atoms with Gasteiger partial charge in [0.25, 0.3) is 0 Å². The fraction of sp³-hybridized carbons (Fsp3) is 0.476. The Balaban J connectivity index is 1.96. The number of hydrogen-bond acceptors (Lipinski definition) is 5. The number of thioether (sulfide) groups is 1. The van der Waals surface area contributed by atoms with Gasteiger partial charge in [-0.2, -0.15) is 0 Å². The maximum absolute atomic E-state index is 13.3. The minimum Gasteiger partial charge on any atom is -0.396 e. The molecule has 2 aliphatic rings. The van der Waals surface area contributed by atoms with Crippen molar-refractivity contribution in [3.8, 4) is 0 Å². The van der Waals surface area contributed by atoms with Gasteiger partial charge in [-0.05, 0) is 43.5 Å². The monoisotopic (exact) mass is 373 g/mol. The highest BCUT2D eigenvalue weighted by atomic mass is 32.2. The Labute approximate surface area is 159 Å². The van der Waals surface area contributed by atoms with E-state index in [4.69, 9.17) is 10.5 Å². The summed E-state index contributed by atoms with van der Waals surface area (Å²) in [5, 5.41) is 9.67. The number of ether oxygens (including phenoxy) is 1. The van der Waals surface area contributed by atoms with Gasteiger partial charge in [0.15, 0.2) is 5.78 Å². The van der Waals surface area contributed by atoms with Crippen LogP contribution in [0.2, 0.25) is 0 Å². The highest BCUT2D eigenvalue weighted by Gasteiger charge is 2.44. The van der Waals surface area contributed by atoms with Gasteiger partial charge in [-0.3, -0.25) is 4.79 Å². The third-order valence-electron chi connectivity index (χ3n) is 5.79. The number of benzene rings is 1. The van der Waals surface area contributed by atoms with E-state index in [2.05, 4.69) is 12.1 Å². The first-order valence-electron chi connectivity index (χ1n) is 8.87. The van der Waals surface area contributed by atoms with Crippen LogP contribution < -0.4 is 5.73 Å². The molecule has 0 saturated carbocycles. The Morgan fingerprint density at radius 1 is 1.27 bits per heavy atom. The quantitative estimate of drug-likeness (QED) is 0.789. The first-order chi connectivity index (χ1) is 12.1. The molecule has 1 aromatic carbocycles. The number of carbonyl (C=O) groups excluding carboxylic acids is 1. The molecule has 1 heterocycles. The molecule has 0 amide bonds. The van der Waals surface area contributed by atoms with Crippen LogP contribution >= 0.6 is 11.8 Å². The summed E-state index contributed by atoms with van der Waals surface area (Å²) in [4.78, 5) is 15.5. The minimum atomic E-state index is -1.14. The second kappa shape index (κ2) is 6.64. The molecule has 1 aliphatic carbocycles. The van der Waals surface area contributed by atoms with Crippen molar-refractivity contribution >= 4 is 17.5 Å². The van der Waals surface area contributed by atoms with Crippen molar-refractivity contribution in [3.63, 3.8) is 0 Å². The Hall–Kier alpha value is -1.40. The Kier molecular flexibility index (Phi) is 4.95. The van der Waals surface area contributed by atoms with Gasteiger partial charge in [-0.15, -0.1) is 0 Å². The van der Waals surface area contributed by atoms with Crippen molar-refractivity contribution in [3.05, 3.63) is 51.5 Å². The van der Waals surface area contributed by atoms with Crippen molar-refractivity contribution in [1.82, 2.24) is 0 Å². The third-order valence-corrected chi connectivity index (χ3v) is 7.16. The van der Waals surface area contributed by atoms with E-state index in [1.165, 1.54) is 10.5 Å². The highest BCUT2D eigenvalue weighted by Crippen LogP contribution is 2.47. The largest absolute Gasteiger partial charge is 0.396 e. The predicted molar refractivity (Wildman–Crippen MR) is 105 cm³/mol. The van der Waals surface area contributed by atoms with Gasteiger partial charge >= 0.3 is 0 Å². The molecule has 4 nitrogen and oxygen atoms in total. The average Bonchev–Trinajstić information content (AvgIpc) is 2.62. The molecule has 0 aromatic heterocycles. The van der Waals surface area contributed by atoms with Crippen LogP contribution in [-0.4, -0.2) is 29.3 Å². The molecule has 0 saturated heterocycles. The van der Waals surface area contributed by atoms with Gasteiger partial charge in [-0.25, -0.2) is 0 Å². The lowest BCUT2D eigenvalue weighted by molar-refractivity contribution is -0.160. The number of fused-ring (bicyclic) bond motifs is 1. The van der Waals surface area contributed by atoms with Crippen LogP contribution in [0.1, 0.15) is 40.2 Å². The third kappa shape index (κ3) is 3.07. The molecule has 2 atom stereocenters. The molecule has 3 N–H and O–H groups in total. The van der Waals surface area contributed by atoms with Gasteiger partial charge in [0.05, 0.1) is 6.61 Å². The lowest BCUT2D eigenvalue weighted by atomic mass is 9.81. The van der Waals surface area contributed by atoms with Gasteiger partial charge in [0.2, 0.25) is 0 Å². The lowest BCUT2D eigenvalue weighted by Gasteiger charge is -2.43. The Morgan fingerprint density at radius 3 is 2.58 bits per heavy atom. The van der Waals surface area contributed by atoms with E-state index in [-0.39, 0.29) is 12.4 Å². The van der Waals surface area contributed by atoms with Crippen LogP contribution in [0, 0.1) is 5.41 Å². The standard InChI is InChI=1S/C21H27NO3S/c1-12-13(2)19-15(10-14-8-6-7-9-16(14)26-19)17(24)18(12)25-21(5,22)20(3,4)11-23/h6-9,18,23H,10-11,22H2,1-5H3. The topological polar surface area (TPSA) is 72.6 Å². The van der Waals surface area contributed by atoms with Crippen LogP contribution in [0.25, 0.3) is 0 Å². The number of carbonyl (C=O) groups is 1. The summed E-state index contributed by atoms with van der Waals surface area (Å²) >= 11 is 1.66. The van der Waals surface area contributed by atoms with E-state index < -0.39 is 17.2 Å². The normalized spacial score (nSPS) is 22.9. The molecule has 26 heavy (non-hydrogen) atoms. The molecule has 0 spiro atoms. The first-order valence-corrected chi connectivity index (χ1v) is 9.69. The number of nitrogens with two attached hydrogens (primary N) is 1. The summed E-state index contributed by atoms with van der Waals surface area (Å²) in [6.45, 7) is 9.26. The van der Waals surface area contributed by atoms with E-state index in [1.807, 2.05) is 39.8 Å². The zero-order valence-corrected chi connectivity index (χ0v) is 16.9. The van der Waals surface area contributed by atoms with E-state index in [1.54, 1.807) is 18.7 Å². The average molecular weight is 374 g/mol. The minimum absolute atomic E-state index is 0.0180. The molecule has 2 unspecified atom stereocenters. The molecule has 3 rings (SSSR count). The van der Waals surface area contributed by atoms with E-state index in [0.29, 0.717) is 6.42 Å². The smallest absolute Gasteiger partial charge is 0.193 e. The summed E-state index contributed by atoms with van der Waals surface area (Å²) < 4.78 is 6.13. The Bertz CT molecular complexity index is 820. The molecule has 1 aliphatic heterocycles. The van der Waals surface area contributed by atoms with Gasteiger partial charge in [-0.1, -0.05) is 43.8 Å². The maximum Gasteiger partial charge on any atom is 0.193 e. The molecule has 1 aromatic rings. The molecule has 140 valence electrons. The maximum atomic E-state index is 13.3. The number of hydrogen-bond donors (Lipinski definition) is 2. The van der Waals surface area contributed by atoms with E-state index >= 15 is 0 Å². The number of rotatable bonds is 4. The van der Waals surface area contributed by atoms with Crippen LogP contribution in [0.4, 0.5) is 0 Å². The van der Waals surface area contributed by atoms with Crippen LogP contribution in [0.5, 0.6) is 0 Å². The molecule has 0 radical (unpaired) electrons. The second-order valence-electron chi connectivity index (χ2n) is 8.01. The van der Waals surface area contributed by atoms with E-state index in [9.17, 15) is 9.90 Å². The van der Waals surface area contributed by atoms with Gasteiger partial charge in [0, 0.05) is 27.2 Å². The number of ketones is 1. The zero-order chi connectivity index (χ0) is 19.3. The SMILES string of the molecule is CC1=C(C)C(OC(C)(N)C(C)(C)CO)C(=O)C2=C1Sc1ccccc1C2. The molecule has 5 heteroatoms. The zero-order valence-electron chi connectivity index (χ0n) is 16.1. The molecule has 0 fully saturated rings. The summed E-state index contributed by atoms with van der Waals surface area (Å²) in [5.74, 6) is -0.0180. The van der Waals surface area contributed by atoms with Crippen LogP contribution in [-0.2, 0) is 16.0 Å². The van der Waals surface area contributed by atoms with Crippen molar-refractivity contribution in [2.45, 2.75) is 57.8 Å². The number of allylic oxidation sites excluding steroid dienone is 1. The summed E-state index contributed by atoms with van der Waals surface area (Å²) in [6.07, 6.45) is -0.0904. The molecular formula is C21H27NO3S. The number of Topliss-reactive ketones (excluding diaryl/α,β-unsaturated/α-hetero) is 1. The molecular weight excluding hydrogens is 346 g/mol.